The van der Waals surface area contributed by atoms with Crippen LogP contribution in [-0.2, 0) is 10.8 Å². The average Bonchev–Trinajstić information content (AvgIpc) is 2.71. The number of rotatable bonds is 4. The molecule has 1 aromatic carbocycles. The zero-order valence-corrected chi connectivity index (χ0v) is 12.8. The van der Waals surface area contributed by atoms with Crippen molar-refractivity contribution >= 4 is 33.5 Å². The lowest BCUT2D eigenvalue weighted by Crippen LogP contribution is -2.26. The molecule has 0 fully saturated rings. The predicted octanol–water partition coefficient (Wildman–Crippen LogP) is 3.60. The molecule has 2 aromatic rings. The maximum atomic E-state index is 3.36. The summed E-state index contributed by atoms with van der Waals surface area (Å²) in [5, 5.41) is 1.38. The van der Waals surface area contributed by atoms with Crippen LogP contribution in [0, 0.1) is 0 Å². The standard InChI is InChI=1S/C14H19IN2/c1-10(17(2)3)6-12-9-16-14-5-4-11(8-15)7-13(12)14/h4-5,7,9-10,16H,6,8H2,1-3H3/t10-/m1/s1. The van der Waals surface area contributed by atoms with Crippen molar-refractivity contribution < 1.29 is 0 Å². The highest BCUT2D eigenvalue weighted by molar-refractivity contribution is 14.1. The number of hydrogen-bond acceptors (Lipinski definition) is 1. The zero-order valence-electron chi connectivity index (χ0n) is 10.6. The first-order valence-corrected chi connectivity index (χ1v) is 7.45. The summed E-state index contributed by atoms with van der Waals surface area (Å²) in [7, 11) is 4.27. The maximum Gasteiger partial charge on any atom is 0.0457 e. The van der Waals surface area contributed by atoms with Crippen molar-refractivity contribution in [3.05, 3.63) is 35.5 Å². The monoisotopic (exact) mass is 342 g/mol. The van der Waals surface area contributed by atoms with Crippen LogP contribution >= 0.6 is 22.6 Å². The molecule has 0 saturated heterocycles. The minimum Gasteiger partial charge on any atom is -0.361 e. The van der Waals surface area contributed by atoms with Crippen LogP contribution in [0.15, 0.2) is 24.4 Å². The Hall–Kier alpha value is -0.550. The lowest BCUT2D eigenvalue weighted by Gasteiger charge is -2.19. The molecule has 1 N–H and O–H groups in total. The Labute approximate surface area is 117 Å². The second-order valence-electron chi connectivity index (χ2n) is 4.84. The molecule has 1 aromatic heterocycles. The number of nitrogens with zero attached hydrogens (tertiary/aromatic N) is 1. The summed E-state index contributed by atoms with van der Waals surface area (Å²) >= 11 is 2.41. The third-order valence-corrected chi connectivity index (χ3v) is 4.26. The van der Waals surface area contributed by atoms with Crippen LogP contribution in [0.2, 0.25) is 0 Å². The molecule has 0 aliphatic carbocycles. The third-order valence-electron chi connectivity index (χ3n) is 3.38. The maximum absolute atomic E-state index is 3.36. The van der Waals surface area contributed by atoms with Crippen molar-refractivity contribution in [2.45, 2.75) is 23.8 Å². The van der Waals surface area contributed by atoms with Gasteiger partial charge in [-0.25, -0.2) is 0 Å². The lowest BCUT2D eigenvalue weighted by molar-refractivity contribution is 0.313. The number of aromatic amines is 1. The smallest absolute Gasteiger partial charge is 0.0457 e. The fourth-order valence-corrected chi connectivity index (χ4v) is 2.45. The van der Waals surface area contributed by atoms with Crippen molar-refractivity contribution in [2.75, 3.05) is 14.1 Å². The van der Waals surface area contributed by atoms with E-state index in [-0.39, 0.29) is 0 Å². The van der Waals surface area contributed by atoms with Gasteiger partial charge in [0, 0.05) is 27.6 Å². The summed E-state index contributed by atoms with van der Waals surface area (Å²) in [6.07, 6.45) is 3.25. The van der Waals surface area contributed by atoms with Crippen LogP contribution in [0.25, 0.3) is 10.9 Å². The van der Waals surface area contributed by atoms with Crippen LogP contribution in [0.3, 0.4) is 0 Å². The predicted molar refractivity (Wildman–Crippen MR) is 82.9 cm³/mol. The lowest BCUT2D eigenvalue weighted by atomic mass is 10.0. The Morgan fingerprint density at radius 2 is 2.12 bits per heavy atom. The first-order valence-electron chi connectivity index (χ1n) is 5.93. The molecule has 0 radical (unpaired) electrons. The van der Waals surface area contributed by atoms with Crippen molar-refractivity contribution in [3.63, 3.8) is 0 Å². The summed E-state index contributed by atoms with van der Waals surface area (Å²) < 4.78 is 1.07. The van der Waals surface area contributed by atoms with E-state index in [2.05, 4.69) is 77.9 Å². The highest BCUT2D eigenvalue weighted by Crippen LogP contribution is 2.22. The summed E-state index contributed by atoms with van der Waals surface area (Å²) in [6, 6.07) is 7.27. The molecule has 0 aliphatic rings. The van der Waals surface area contributed by atoms with E-state index >= 15 is 0 Å². The third kappa shape index (κ3) is 2.83. The Balaban J connectivity index is 2.34. The Morgan fingerprint density at radius 1 is 1.35 bits per heavy atom. The molecule has 0 aliphatic heterocycles. The Bertz CT molecular complexity index is 502. The summed E-state index contributed by atoms with van der Waals surface area (Å²) in [6.45, 7) is 2.26. The van der Waals surface area contributed by atoms with Gasteiger partial charge in [0.15, 0.2) is 0 Å². The topological polar surface area (TPSA) is 19.0 Å². The molecule has 1 atom stereocenters. The zero-order chi connectivity index (χ0) is 12.4. The molecule has 0 unspecified atom stereocenters. The molecule has 3 heteroatoms. The summed E-state index contributed by atoms with van der Waals surface area (Å²) in [5.74, 6) is 0. The van der Waals surface area contributed by atoms with E-state index in [9.17, 15) is 0 Å². The summed E-state index contributed by atoms with van der Waals surface area (Å²) in [4.78, 5) is 5.63. The van der Waals surface area contributed by atoms with E-state index in [1.165, 1.54) is 22.0 Å². The van der Waals surface area contributed by atoms with Gasteiger partial charge >= 0.3 is 0 Å². The number of likely N-dealkylation sites (N-methyl/N-ethyl adjacent to an activating group) is 1. The first kappa shape index (κ1) is 12.9. The minimum absolute atomic E-state index is 0.567. The van der Waals surface area contributed by atoms with Crippen molar-refractivity contribution in [3.8, 4) is 0 Å². The van der Waals surface area contributed by atoms with E-state index in [0.717, 1.165) is 10.8 Å². The highest BCUT2D eigenvalue weighted by atomic mass is 127. The minimum atomic E-state index is 0.567. The number of alkyl halides is 1. The largest absolute Gasteiger partial charge is 0.361 e. The molecular weight excluding hydrogens is 323 g/mol. The molecule has 17 heavy (non-hydrogen) atoms. The number of halogens is 1. The van der Waals surface area contributed by atoms with Crippen molar-refractivity contribution in [1.82, 2.24) is 9.88 Å². The van der Waals surface area contributed by atoms with E-state index < -0.39 is 0 Å². The molecule has 1 heterocycles. The fourth-order valence-electron chi connectivity index (χ4n) is 1.98. The average molecular weight is 342 g/mol. The Morgan fingerprint density at radius 3 is 2.76 bits per heavy atom. The molecule has 0 saturated carbocycles. The van der Waals surface area contributed by atoms with Gasteiger partial charge in [-0.2, -0.15) is 0 Å². The van der Waals surface area contributed by atoms with Gasteiger partial charge in [-0.1, -0.05) is 28.7 Å². The van der Waals surface area contributed by atoms with Crippen LogP contribution in [-0.4, -0.2) is 30.0 Å². The fraction of sp³-hybridized carbons (Fsp3) is 0.429. The van der Waals surface area contributed by atoms with Gasteiger partial charge < -0.3 is 9.88 Å². The van der Waals surface area contributed by atoms with Gasteiger partial charge in [-0.3, -0.25) is 0 Å². The van der Waals surface area contributed by atoms with Gasteiger partial charge in [0.25, 0.3) is 0 Å². The molecule has 2 nitrogen and oxygen atoms in total. The number of nitrogens with one attached hydrogen (secondary N) is 1. The van der Waals surface area contributed by atoms with Crippen molar-refractivity contribution in [2.24, 2.45) is 0 Å². The van der Waals surface area contributed by atoms with E-state index in [1.807, 2.05) is 0 Å². The Kier molecular flexibility index (Phi) is 4.09. The summed E-state index contributed by atoms with van der Waals surface area (Å²) in [5.41, 5.74) is 4.07. The number of aromatic nitrogens is 1. The van der Waals surface area contributed by atoms with Crippen LogP contribution in [0.5, 0.6) is 0 Å². The quantitative estimate of drug-likeness (QED) is 0.665. The number of fused-ring (bicyclic) bond motifs is 1. The molecule has 0 amide bonds. The van der Waals surface area contributed by atoms with E-state index in [1.54, 1.807) is 0 Å². The van der Waals surface area contributed by atoms with E-state index in [4.69, 9.17) is 0 Å². The molecule has 2 rings (SSSR count). The van der Waals surface area contributed by atoms with Crippen LogP contribution < -0.4 is 0 Å². The molecule has 92 valence electrons. The second-order valence-corrected chi connectivity index (χ2v) is 5.61. The van der Waals surface area contributed by atoms with Gasteiger partial charge in [0.1, 0.15) is 0 Å². The van der Waals surface area contributed by atoms with Gasteiger partial charge in [-0.05, 0) is 50.7 Å². The second kappa shape index (κ2) is 5.40. The normalized spacial score (nSPS) is 13.5. The van der Waals surface area contributed by atoms with Gasteiger partial charge in [-0.15, -0.1) is 0 Å². The van der Waals surface area contributed by atoms with Crippen LogP contribution in [0.1, 0.15) is 18.1 Å². The van der Waals surface area contributed by atoms with Crippen molar-refractivity contribution in [1.29, 1.82) is 0 Å². The molecular formula is C14H19IN2. The van der Waals surface area contributed by atoms with Crippen LogP contribution in [0.4, 0.5) is 0 Å². The number of hydrogen-bond donors (Lipinski definition) is 1. The first-order chi connectivity index (χ1) is 8.11. The SMILES string of the molecule is C[C@H](Cc1c[nH]c2ccc(CI)cc12)N(C)C. The highest BCUT2D eigenvalue weighted by Gasteiger charge is 2.10. The molecule has 0 bridgehead atoms. The molecule has 0 spiro atoms. The number of H-pyrrole nitrogens is 1. The van der Waals surface area contributed by atoms with Gasteiger partial charge in [0.05, 0.1) is 0 Å². The van der Waals surface area contributed by atoms with E-state index in [0.29, 0.717) is 6.04 Å². The van der Waals surface area contributed by atoms with Gasteiger partial charge in [0.2, 0.25) is 0 Å². The number of benzene rings is 1.